The summed E-state index contributed by atoms with van der Waals surface area (Å²) in [5.74, 6) is -0.0171. The number of nitrogens with one attached hydrogen (secondary N) is 2. The largest absolute Gasteiger partial charge is 0.348 e. The molecule has 3 rings (SSSR count). The standard InChI is InChI=1S/C16H15N5O3S/c17-7-11-1-3-13(4-2-11)21-16-18-8-12(9-19-16)15(22)20-14-5-6-25(23,24)10-14/h1-4,8-9,14H,5-6,10H2,(H,20,22)(H,18,19,21). The third kappa shape index (κ3) is 4.30. The number of amides is 1. The van der Waals surface area contributed by atoms with Gasteiger partial charge in [-0.2, -0.15) is 5.26 Å². The number of rotatable bonds is 4. The number of hydrogen-bond acceptors (Lipinski definition) is 7. The van der Waals surface area contributed by atoms with Crippen molar-refractivity contribution in [3.63, 3.8) is 0 Å². The van der Waals surface area contributed by atoms with Gasteiger partial charge in [0.1, 0.15) is 0 Å². The first-order valence-electron chi connectivity index (χ1n) is 7.56. The predicted molar refractivity (Wildman–Crippen MR) is 91.0 cm³/mol. The van der Waals surface area contributed by atoms with Gasteiger partial charge in [-0.05, 0) is 30.7 Å². The van der Waals surface area contributed by atoms with Gasteiger partial charge in [-0.3, -0.25) is 4.79 Å². The molecule has 1 saturated heterocycles. The zero-order chi connectivity index (χ0) is 17.9. The summed E-state index contributed by atoms with van der Waals surface area (Å²) in [4.78, 5) is 20.3. The summed E-state index contributed by atoms with van der Waals surface area (Å²) in [7, 11) is -3.05. The van der Waals surface area contributed by atoms with Crippen molar-refractivity contribution < 1.29 is 13.2 Å². The molecule has 0 bridgehead atoms. The maximum Gasteiger partial charge on any atom is 0.254 e. The third-order valence-electron chi connectivity index (χ3n) is 3.75. The lowest BCUT2D eigenvalue weighted by atomic mass is 10.2. The zero-order valence-corrected chi connectivity index (χ0v) is 14.0. The van der Waals surface area contributed by atoms with Crippen LogP contribution in [0.5, 0.6) is 0 Å². The van der Waals surface area contributed by atoms with Crippen LogP contribution >= 0.6 is 0 Å². The summed E-state index contributed by atoms with van der Waals surface area (Å²) in [6.07, 6.45) is 3.17. The van der Waals surface area contributed by atoms with Gasteiger partial charge >= 0.3 is 0 Å². The highest BCUT2D eigenvalue weighted by molar-refractivity contribution is 7.91. The number of nitriles is 1. The summed E-state index contributed by atoms with van der Waals surface area (Å²) >= 11 is 0. The lowest BCUT2D eigenvalue weighted by Gasteiger charge is -2.10. The number of anilines is 2. The van der Waals surface area contributed by atoms with E-state index in [9.17, 15) is 13.2 Å². The normalized spacial score (nSPS) is 18.3. The molecule has 1 atom stereocenters. The van der Waals surface area contributed by atoms with Crippen molar-refractivity contribution in [1.29, 1.82) is 5.26 Å². The molecule has 2 aromatic rings. The van der Waals surface area contributed by atoms with Crippen LogP contribution < -0.4 is 10.6 Å². The van der Waals surface area contributed by atoms with Gasteiger partial charge < -0.3 is 10.6 Å². The molecule has 2 heterocycles. The van der Waals surface area contributed by atoms with Crippen molar-refractivity contribution in [1.82, 2.24) is 15.3 Å². The van der Waals surface area contributed by atoms with Crippen molar-refractivity contribution in [2.75, 3.05) is 16.8 Å². The van der Waals surface area contributed by atoms with Crippen LogP contribution in [0.2, 0.25) is 0 Å². The van der Waals surface area contributed by atoms with Gasteiger partial charge in [0.2, 0.25) is 5.95 Å². The van der Waals surface area contributed by atoms with Gasteiger partial charge in [-0.25, -0.2) is 18.4 Å². The van der Waals surface area contributed by atoms with Crippen LogP contribution in [0.3, 0.4) is 0 Å². The number of carbonyl (C=O) groups is 1. The van der Waals surface area contributed by atoms with Crippen LogP contribution in [0.1, 0.15) is 22.3 Å². The fraction of sp³-hybridized carbons (Fsp3) is 0.250. The quantitative estimate of drug-likeness (QED) is 0.836. The minimum atomic E-state index is -3.05. The van der Waals surface area contributed by atoms with Crippen LogP contribution in [-0.4, -0.2) is 41.8 Å². The number of carbonyl (C=O) groups excluding carboxylic acids is 1. The van der Waals surface area contributed by atoms with E-state index < -0.39 is 15.7 Å². The van der Waals surface area contributed by atoms with Crippen LogP contribution in [-0.2, 0) is 9.84 Å². The minimum absolute atomic E-state index is 0.0298. The molecular formula is C16H15N5O3S. The number of aromatic nitrogens is 2. The molecule has 9 heteroatoms. The van der Waals surface area contributed by atoms with Crippen LogP contribution in [0.4, 0.5) is 11.6 Å². The first-order valence-corrected chi connectivity index (χ1v) is 9.38. The minimum Gasteiger partial charge on any atom is -0.348 e. The molecule has 25 heavy (non-hydrogen) atoms. The van der Waals surface area contributed by atoms with E-state index in [-0.39, 0.29) is 23.1 Å². The number of sulfone groups is 1. The van der Waals surface area contributed by atoms with Gasteiger partial charge in [-0.1, -0.05) is 0 Å². The Balaban J connectivity index is 1.61. The van der Waals surface area contributed by atoms with Gasteiger partial charge in [-0.15, -0.1) is 0 Å². The van der Waals surface area contributed by atoms with E-state index in [0.717, 1.165) is 0 Å². The SMILES string of the molecule is N#Cc1ccc(Nc2ncc(C(=O)NC3CCS(=O)(=O)C3)cn2)cc1. The molecule has 128 valence electrons. The van der Waals surface area contributed by atoms with E-state index in [4.69, 9.17) is 5.26 Å². The molecule has 0 aliphatic carbocycles. The second-order valence-electron chi connectivity index (χ2n) is 5.68. The molecule has 8 nitrogen and oxygen atoms in total. The summed E-state index contributed by atoms with van der Waals surface area (Å²) in [5, 5.41) is 14.4. The Morgan fingerprint density at radius 1 is 1.20 bits per heavy atom. The summed E-state index contributed by atoms with van der Waals surface area (Å²) in [6.45, 7) is 0. The second-order valence-corrected chi connectivity index (χ2v) is 7.91. The van der Waals surface area contributed by atoms with Gasteiger partial charge in [0.05, 0.1) is 28.7 Å². The van der Waals surface area contributed by atoms with E-state index in [2.05, 4.69) is 20.6 Å². The van der Waals surface area contributed by atoms with E-state index in [0.29, 0.717) is 23.6 Å². The molecule has 0 spiro atoms. The first-order chi connectivity index (χ1) is 11.9. The van der Waals surface area contributed by atoms with Crippen LogP contribution in [0.25, 0.3) is 0 Å². The molecule has 1 aliphatic heterocycles. The van der Waals surface area contributed by atoms with E-state index in [1.54, 1.807) is 24.3 Å². The fourth-order valence-electron chi connectivity index (χ4n) is 2.44. The van der Waals surface area contributed by atoms with Crippen LogP contribution in [0.15, 0.2) is 36.7 Å². The van der Waals surface area contributed by atoms with E-state index in [1.165, 1.54) is 12.4 Å². The topological polar surface area (TPSA) is 125 Å². The second kappa shape index (κ2) is 6.86. The van der Waals surface area contributed by atoms with Gasteiger partial charge in [0.25, 0.3) is 5.91 Å². The number of hydrogen-bond donors (Lipinski definition) is 2. The van der Waals surface area contributed by atoms with Gasteiger partial charge in [0, 0.05) is 24.1 Å². The van der Waals surface area contributed by atoms with Crippen molar-refractivity contribution in [2.24, 2.45) is 0 Å². The number of benzene rings is 1. The molecule has 2 N–H and O–H groups in total. The van der Waals surface area contributed by atoms with Crippen molar-refractivity contribution in [3.05, 3.63) is 47.8 Å². The monoisotopic (exact) mass is 357 g/mol. The molecule has 1 aromatic heterocycles. The van der Waals surface area contributed by atoms with Crippen molar-refractivity contribution in [2.45, 2.75) is 12.5 Å². The Morgan fingerprint density at radius 2 is 1.88 bits per heavy atom. The fourth-order valence-corrected chi connectivity index (χ4v) is 4.12. The summed E-state index contributed by atoms with van der Waals surface area (Å²) in [5.41, 5.74) is 1.52. The molecular weight excluding hydrogens is 342 g/mol. The predicted octanol–water partition coefficient (Wildman–Crippen LogP) is 1.01. The van der Waals surface area contributed by atoms with Crippen molar-refractivity contribution in [3.8, 4) is 6.07 Å². The molecule has 1 fully saturated rings. The smallest absolute Gasteiger partial charge is 0.254 e. The Hall–Kier alpha value is -2.99. The Morgan fingerprint density at radius 3 is 2.44 bits per heavy atom. The maximum atomic E-state index is 12.1. The Labute approximate surface area is 144 Å². The highest BCUT2D eigenvalue weighted by Crippen LogP contribution is 2.14. The maximum absolute atomic E-state index is 12.1. The molecule has 1 unspecified atom stereocenters. The summed E-state index contributed by atoms with van der Waals surface area (Å²) < 4.78 is 22.8. The summed E-state index contributed by atoms with van der Waals surface area (Å²) in [6, 6.07) is 8.45. The van der Waals surface area contributed by atoms with Crippen LogP contribution in [0, 0.1) is 11.3 Å². The third-order valence-corrected chi connectivity index (χ3v) is 5.52. The Bertz CT molecular complexity index is 918. The lowest BCUT2D eigenvalue weighted by Crippen LogP contribution is -2.35. The average Bonchev–Trinajstić information content (AvgIpc) is 2.94. The zero-order valence-electron chi connectivity index (χ0n) is 13.1. The van der Waals surface area contributed by atoms with Crippen molar-refractivity contribution >= 4 is 27.4 Å². The molecule has 1 amide bonds. The highest BCUT2D eigenvalue weighted by Gasteiger charge is 2.29. The molecule has 0 saturated carbocycles. The van der Waals surface area contributed by atoms with E-state index >= 15 is 0 Å². The molecule has 1 aliphatic rings. The molecule has 1 aromatic carbocycles. The Kier molecular flexibility index (Phi) is 4.63. The first kappa shape index (κ1) is 16.9. The average molecular weight is 357 g/mol. The molecule has 0 radical (unpaired) electrons. The highest BCUT2D eigenvalue weighted by atomic mass is 32.2. The van der Waals surface area contributed by atoms with Gasteiger partial charge in [0.15, 0.2) is 9.84 Å². The number of nitrogens with zero attached hydrogens (tertiary/aromatic N) is 3. The lowest BCUT2D eigenvalue weighted by molar-refractivity contribution is 0.0940. The van der Waals surface area contributed by atoms with E-state index in [1.807, 2.05) is 6.07 Å².